The van der Waals surface area contributed by atoms with Crippen LogP contribution in [0.2, 0.25) is 5.02 Å². The molecule has 1 heterocycles. The molecular weight excluding hydrogens is 358 g/mol. The fourth-order valence-electron chi connectivity index (χ4n) is 3.71. The van der Waals surface area contributed by atoms with Crippen molar-refractivity contribution in [1.82, 2.24) is 9.80 Å². The summed E-state index contributed by atoms with van der Waals surface area (Å²) < 4.78 is 0. The smallest absolute Gasteiger partial charge is 0.246 e. The Morgan fingerprint density at radius 3 is 2.41 bits per heavy atom. The van der Waals surface area contributed by atoms with Crippen LogP contribution in [0.4, 0.5) is 5.69 Å². The molecule has 1 amide bonds. The Labute approximate surface area is 167 Å². The zero-order valence-electron chi connectivity index (χ0n) is 16.3. The first-order valence-electron chi connectivity index (χ1n) is 9.48. The molecule has 1 fully saturated rings. The third-order valence-electron chi connectivity index (χ3n) is 5.40. The van der Waals surface area contributed by atoms with Gasteiger partial charge in [-0.1, -0.05) is 48.0 Å². The Morgan fingerprint density at radius 2 is 1.81 bits per heavy atom. The van der Waals surface area contributed by atoms with Crippen LogP contribution in [0.5, 0.6) is 0 Å². The van der Waals surface area contributed by atoms with E-state index in [4.69, 9.17) is 11.6 Å². The number of nitrogens with zero attached hydrogens (tertiary/aromatic N) is 2. The largest absolute Gasteiger partial charge is 0.324 e. The van der Waals surface area contributed by atoms with Crippen LogP contribution in [0.3, 0.4) is 0 Å². The van der Waals surface area contributed by atoms with Crippen molar-refractivity contribution in [2.24, 2.45) is 0 Å². The van der Waals surface area contributed by atoms with E-state index in [2.05, 4.69) is 29.2 Å². The lowest BCUT2D eigenvalue weighted by molar-refractivity contribution is -0.122. The summed E-state index contributed by atoms with van der Waals surface area (Å²) in [6.45, 7) is 3.77. The monoisotopic (exact) mass is 385 g/mol. The average molecular weight is 386 g/mol. The van der Waals surface area contributed by atoms with Crippen molar-refractivity contribution in [2.45, 2.75) is 31.8 Å². The third-order valence-corrected chi connectivity index (χ3v) is 5.80. The maximum Gasteiger partial charge on any atom is 0.246 e. The van der Waals surface area contributed by atoms with E-state index in [9.17, 15) is 4.79 Å². The number of amides is 1. The lowest BCUT2D eigenvalue weighted by Gasteiger charge is -2.39. The molecule has 1 N–H and O–H groups in total. The SMILES string of the molecule is Cc1ccc(NC(=O)C(c2ccccc2)N2CCC(N(C)C)CC2)cc1Cl. The number of piperidine rings is 1. The van der Waals surface area contributed by atoms with Crippen molar-refractivity contribution in [3.05, 3.63) is 64.7 Å². The minimum Gasteiger partial charge on any atom is -0.324 e. The molecule has 0 spiro atoms. The Morgan fingerprint density at radius 1 is 1.15 bits per heavy atom. The molecule has 4 nitrogen and oxygen atoms in total. The Balaban J connectivity index is 1.80. The van der Waals surface area contributed by atoms with Gasteiger partial charge in [0.05, 0.1) is 0 Å². The molecule has 0 saturated carbocycles. The van der Waals surface area contributed by atoms with Gasteiger partial charge in [0.2, 0.25) is 5.91 Å². The second-order valence-electron chi connectivity index (χ2n) is 7.50. The molecular formula is C22H28ClN3O. The molecule has 1 saturated heterocycles. The van der Waals surface area contributed by atoms with E-state index < -0.39 is 0 Å². The van der Waals surface area contributed by atoms with Gasteiger partial charge in [0, 0.05) is 29.8 Å². The second kappa shape index (κ2) is 8.87. The number of nitrogens with one attached hydrogen (secondary N) is 1. The number of carbonyl (C=O) groups is 1. The number of anilines is 1. The molecule has 1 atom stereocenters. The van der Waals surface area contributed by atoms with Crippen LogP contribution >= 0.6 is 11.6 Å². The van der Waals surface area contributed by atoms with E-state index in [0.717, 1.165) is 42.7 Å². The minimum atomic E-state index is -0.297. The quantitative estimate of drug-likeness (QED) is 0.830. The zero-order chi connectivity index (χ0) is 19.4. The van der Waals surface area contributed by atoms with Gasteiger partial charge in [-0.15, -0.1) is 0 Å². The number of hydrogen-bond donors (Lipinski definition) is 1. The van der Waals surface area contributed by atoms with Crippen LogP contribution in [0.15, 0.2) is 48.5 Å². The van der Waals surface area contributed by atoms with Crippen LogP contribution < -0.4 is 5.32 Å². The number of carbonyl (C=O) groups excluding carboxylic acids is 1. The van der Waals surface area contributed by atoms with Crippen molar-refractivity contribution >= 4 is 23.2 Å². The lowest BCUT2D eigenvalue weighted by atomic mass is 9.98. The highest BCUT2D eigenvalue weighted by molar-refractivity contribution is 6.31. The van der Waals surface area contributed by atoms with Gasteiger partial charge in [-0.05, 0) is 57.1 Å². The summed E-state index contributed by atoms with van der Waals surface area (Å²) in [4.78, 5) is 17.8. The van der Waals surface area contributed by atoms with Gasteiger partial charge in [0.25, 0.3) is 0 Å². The molecule has 1 unspecified atom stereocenters. The van der Waals surface area contributed by atoms with Crippen molar-refractivity contribution in [3.63, 3.8) is 0 Å². The summed E-state index contributed by atoms with van der Waals surface area (Å²) in [5.41, 5.74) is 2.76. The molecule has 0 bridgehead atoms. The van der Waals surface area contributed by atoms with Gasteiger partial charge in [-0.25, -0.2) is 0 Å². The van der Waals surface area contributed by atoms with Gasteiger partial charge >= 0.3 is 0 Å². The number of rotatable bonds is 5. The van der Waals surface area contributed by atoms with Crippen molar-refractivity contribution in [2.75, 3.05) is 32.5 Å². The predicted octanol–water partition coefficient (Wildman–Crippen LogP) is 4.35. The fraction of sp³-hybridized carbons (Fsp3) is 0.409. The topological polar surface area (TPSA) is 35.6 Å². The van der Waals surface area contributed by atoms with Crippen molar-refractivity contribution < 1.29 is 4.79 Å². The van der Waals surface area contributed by atoms with E-state index in [1.54, 1.807) is 0 Å². The van der Waals surface area contributed by atoms with Crippen LogP contribution in [0.1, 0.15) is 30.0 Å². The van der Waals surface area contributed by atoms with E-state index in [1.165, 1.54) is 0 Å². The van der Waals surface area contributed by atoms with E-state index >= 15 is 0 Å². The molecule has 144 valence electrons. The predicted molar refractivity (Wildman–Crippen MR) is 112 cm³/mol. The Kier molecular flexibility index (Phi) is 6.53. The number of benzene rings is 2. The van der Waals surface area contributed by atoms with Crippen LogP contribution in [-0.4, -0.2) is 48.9 Å². The summed E-state index contributed by atoms with van der Waals surface area (Å²) in [5, 5.41) is 3.73. The standard InChI is InChI=1S/C22H28ClN3O/c1-16-9-10-18(15-20(16)23)24-22(27)21(17-7-5-4-6-8-17)26-13-11-19(12-14-26)25(2)3/h4-10,15,19,21H,11-14H2,1-3H3,(H,24,27). The fourth-order valence-corrected chi connectivity index (χ4v) is 3.89. The third kappa shape index (κ3) is 4.89. The highest BCUT2D eigenvalue weighted by atomic mass is 35.5. The molecule has 1 aliphatic heterocycles. The second-order valence-corrected chi connectivity index (χ2v) is 7.90. The molecule has 5 heteroatoms. The van der Waals surface area contributed by atoms with Gasteiger partial charge < -0.3 is 10.2 Å². The van der Waals surface area contributed by atoms with E-state index in [-0.39, 0.29) is 11.9 Å². The van der Waals surface area contributed by atoms with Gasteiger partial charge in [-0.2, -0.15) is 0 Å². The summed E-state index contributed by atoms with van der Waals surface area (Å²) in [7, 11) is 4.26. The minimum absolute atomic E-state index is 0.00979. The molecule has 0 aliphatic carbocycles. The molecule has 2 aromatic rings. The lowest BCUT2D eigenvalue weighted by Crippen LogP contribution is -2.46. The van der Waals surface area contributed by atoms with E-state index in [0.29, 0.717) is 11.1 Å². The molecule has 2 aromatic carbocycles. The first-order chi connectivity index (χ1) is 13.0. The van der Waals surface area contributed by atoms with Crippen molar-refractivity contribution in [3.8, 4) is 0 Å². The van der Waals surface area contributed by atoms with Gasteiger partial charge in [-0.3, -0.25) is 9.69 Å². The Bertz CT molecular complexity index is 770. The zero-order valence-corrected chi connectivity index (χ0v) is 17.0. The van der Waals surface area contributed by atoms with Gasteiger partial charge in [0.15, 0.2) is 0 Å². The summed E-state index contributed by atoms with van der Waals surface area (Å²) in [5.74, 6) is -0.00979. The van der Waals surface area contributed by atoms with Crippen LogP contribution in [-0.2, 0) is 4.79 Å². The number of halogens is 1. The molecule has 0 radical (unpaired) electrons. The summed E-state index contributed by atoms with van der Waals surface area (Å²) in [6, 6.07) is 16.0. The molecule has 27 heavy (non-hydrogen) atoms. The normalized spacial score (nSPS) is 17.1. The number of likely N-dealkylation sites (tertiary alicyclic amines) is 1. The van der Waals surface area contributed by atoms with Gasteiger partial charge in [0.1, 0.15) is 6.04 Å². The maximum absolute atomic E-state index is 13.2. The van der Waals surface area contributed by atoms with E-state index in [1.807, 2.05) is 55.5 Å². The highest BCUT2D eigenvalue weighted by Gasteiger charge is 2.31. The maximum atomic E-state index is 13.2. The molecule has 0 aromatic heterocycles. The van der Waals surface area contributed by atoms with Crippen LogP contribution in [0.25, 0.3) is 0 Å². The first-order valence-corrected chi connectivity index (χ1v) is 9.86. The highest BCUT2D eigenvalue weighted by Crippen LogP contribution is 2.28. The number of hydrogen-bond acceptors (Lipinski definition) is 3. The van der Waals surface area contributed by atoms with Crippen molar-refractivity contribution in [1.29, 1.82) is 0 Å². The number of aryl methyl sites for hydroxylation is 1. The molecule has 3 rings (SSSR count). The first kappa shape index (κ1) is 19.9. The summed E-state index contributed by atoms with van der Waals surface area (Å²) >= 11 is 6.22. The average Bonchev–Trinajstić information content (AvgIpc) is 2.66. The molecule has 1 aliphatic rings. The van der Waals surface area contributed by atoms with Crippen LogP contribution in [0, 0.1) is 6.92 Å². The Hall–Kier alpha value is -1.88. The summed E-state index contributed by atoms with van der Waals surface area (Å²) in [6.07, 6.45) is 2.14.